The average Bonchev–Trinajstić information content (AvgIpc) is 3.02. The summed E-state index contributed by atoms with van der Waals surface area (Å²) in [7, 11) is 2.97. The van der Waals surface area contributed by atoms with E-state index in [-0.39, 0.29) is 35.4 Å². The molecule has 0 bridgehead atoms. The number of aromatic nitrogens is 5. The number of rotatable bonds is 10. The zero-order valence-electron chi connectivity index (χ0n) is 26.1. The lowest BCUT2D eigenvalue weighted by molar-refractivity contribution is 0.0325. The molecule has 0 amide bonds. The Morgan fingerprint density at radius 2 is 1.83 bits per heavy atom. The van der Waals surface area contributed by atoms with E-state index < -0.39 is 29.6 Å². The summed E-state index contributed by atoms with van der Waals surface area (Å²) in [4.78, 5) is 30.9. The van der Waals surface area contributed by atoms with Crippen molar-refractivity contribution in [3.05, 3.63) is 98.6 Å². The Labute approximate surface area is 263 Å². The number of methoxy groups -OCH3 is 1. The lowest BCUT2D eigenvalue weighted by Gasteiger charge is -2.20. The molecule has 1 unspecified atom stereocenters. The molecule has 0 fully saturated rings. The van der Waals surface area contributed by atoms with Gasteiger partial charge in [0, 0.05) is 30.7 Å². The van der Waals surface area contributed by atoms with Gasteiger partial charge in [0.2, 0.25) is 0 Å². The molecule has 46 heavy (non-hydrogen) atoms. The first-order valence-corrected chi connectivity index (χ1v) is 14.5. The molecule has 0 saturated heterocycles. The van der Waals surface area contributed by atoms with Gasteiger partial charge in [0.25, 0.3) is 11.1 Å². The molecule has 12 nitrogen and oxygen atoms in total. The molecule has 13 heteroatoms. The second kappa shape index (κ2) is 13.2. The molecule has 0 spiro atoms. The Kier molecular flexibility index (Phi) is 9.28. The van der Waals surface area contributed by atoms with Crippen molar-refractivity contribution in [2.24, 2.45) is 7.05 Å². The van der Waals surface area contributed by atoms with E-state index in [9.17, 15) is 19.8 Å². The molecule has 2 aromatic carbocycles. The van der Waals surface area contributed by atoms with E-state index in [0.717, 1.165) is 14.9 Å². The van der Waals surface area contributed by atoms with Crippen LogP contribution in [0.25, 0.3) is 27.7 Å². The molecule has 240 valence electrons. The standard InChI is InChI=1S/C33H35FN6O6/c1-33(2,3)20-11-19-14-36-40(32(44)30(19)25(34)12-20)28-8-6-7-23(24(28)16-41)26-13-27(31(43)39(4)38-26)37-29-10-9-22(15-35-29)46-18-21(42)17-45-5/h6-15,21,41-42H,16-18H2,1-5H3,(H,35,37). The van der Waals surface area contributed by atoms with Crippen molar-refractivity contribution < 1.29 is 24.1 Å². The third-order valence-electron chi connectivity index (χ3n) is 7.38. The van der Waals surface area contributed by atoms with Gasteiger partial charge in [0.05, 0.1) is 42.4 Å². The second-order valence-corrected chi connectivity index (χ2v) is 11.8. The summed E-state index contributed by atoms with van der Waals surface area (Å²) >= 11 is 0. The first kappa shape index (κ1) is 32.4. The van der Waals surface area contributed by atoms with Gasteiger partial charge in [-0.3, -0.25) is 9.59 Å². The molecule has 3 aromatic heterocycles. The molecule has 1 atom stereocenters. The van der Waals surface area contributed by atoms with Crippen LogP contribution in [0.5, 0.6) is 5.75 Å². The van der Waals surface area contributed by atoms with Crippen molar-refractivity contribution in [1.29, 1.82) is 0 Å². The minimum atomic E-state index is -0.790. The number of halogens is 1. The van der Waals surface area contributed by atoms with Gasteiger partial charge in [-0.2, -0.15) is 14.9 Å². The summed E-state index contributed by atoms with van der Waals surface area (Å²) < 4.78 is 27.9. The van der Waals surface area contributed by atoms with Crippen LogP contribution < -0.4 is 21.2 Å². The summed E-state index contributed by atoms with van der Waals surface area (Å²) in [6, 6.07) is 12.8. The van der Waals surface area contributed by atoms with Gasteiger partial charge in [-0.15, -0.1) is 0 Å². The Balaban J connectivity index is 1.51. The average molecular weight is 631 g/mol. The SMILES string of the molecule is COCC(O)COc1ccc(Nc2cc(-c3cccc(-n4ncc5cc(C(C)(C)C)cc(F)c5c4=O)c3CO)nn(C)c2=O)nc1. The summed E-state index contributed by atoms with van der Waals surface area (Å²) in [6.45, 7) is 5.52. The lowest BCUT2D eigenvalue weighted by atomic mass is 9.86. The van der Waals surface area contributed by atoms with Crippen molar-refractivity contribution in [1.82, 2.24) is 24.5 Å². The third-order valence-corrected chi connectivity index (χ3v) is 7.38. The molecular weight excluding hydrogens is 595 g/mol. The molecular formula is C33H35FN6O6. The molecule has 5 rings (SSSR count). The Bertz CT molecular complexity index is 2000. The largest absolute Gasteiger partial charge is 0.489 e. The van der Waals surface area contributed by atoms with Crippen LogP contribution in [0.2, 0.25) is 0 Å². The number of pyridine rings is 1. The fraction of sp³-hybridized carbons (Fsp3) is 0.303. The van der Waals surface area contributed by atoms with E-state index in [1.165, 1.54) is 38.7 Å². The topological polar surface area (TPSA) is 154 Å². The van der Waals surface area contributed by atoms with E-state index in [1.807, 2.05) is 20.8 Å². The number of hydrogen-bond donors (Lipinski definition) is 3. The first-order chi connectivity index (χ1) is 21.9. The van der Waals surface area contributed by atoms with Crippen molar-refractivity contribution in [3.8, 4) is 22.7 Å². The number of aliphatic hydroxyl groups excluding tert-OH is 2. The summed E-state index contributed by atoms with van der Waals surface area (Å²) in [5.74, 6) is 0.108. The Morgan fingerprint density at radius 3 is 2.50 bits per heavy atom. The number of aliphatic hydroxyl groups is 2. The Morgan fingerprint density at radius 1 is 1.04 bits per heavy atom. The van der Waals surface area contributed by atoms with Crippen molar-refractivity contribution >= 4 is 22.3 Å². The van der Waals surface area contributed by atoms with Gasteiger partial charge in [-0.25, -0.2) is 14.1 Å². The maximum absolute atomic E-state index is 15.3. The zero-order valence-corrected chi connectivity index (χ0v) is 26.1. The molecule has 3 N–H and O–H groups in total. The Hall–Kier alpha value is -4.98. The highest BCUT2D eigenvalue weighted by Gasteiger charge is 2.21. The van der Waals surface area contributed by atoms with Crippen LogP contribution in [0.15, 0.2) is 70.5 Å². The highest BCUT2D eigenvalue weighted by molar-refractivity contribution is 5.83. The molecule has 0 radical (unpaired) electrons. The van der Waals surface area contributed by atoms with Crippen LogP contribution >= 0.6 is 0 Å². The van der Waals surface area contributed by atoms with E-state index in [1.54, 1.807) is 36.4 Å². The van der Waals surface area contributed by atoms with Gasteiger partial charge in [0.1, 0.15) is 35.8 Å². The predicted octanol–water partition coefficient (Wildman–Crippen LogP) is 3.60. The summed E-state index contributed by atoms with van der Waals surface area (Å²) in [5, 5.41) is 32.2. The number of nitrogens with zero attached hydrogens (tertiary/aromatic N) is 5. The van der Waals surface area contributed by atoms with E-state index in [2.05, 4.69) is 20.5 Å². The molecule has 5 aromatic rings. The lowest BCUT2D eigenvalue weighted by Crippen LogP contribution is -2.24. The fourth-order valence-electron chi connectivity index (χ4n) is 4.96. The van der Waals surface area contributed by atoms with Crippen LogP contribution in [0.3, 0.4) is 0 Å². The number of ether oxygens (including phenoxy) is 2. The summed E-state index contributed by atoms with van der Waals surface area (Å²) in [6.07, 6.45) is 2.09. The minimum absolute atomic E-state index is 0.0245. The highest BCUT2D eigenvalue weighted by atomic mass is 19.1. The number of anilines is 2. The van der Waals surface area contributed by atoms with Crippen LogP contribution in [0.4, 0.5) is 15.9 Å². The highest BCUT2D eigenvalue weighted by Crippen LogP contribution is 2.30. The third kappa shape index (κ3) is 6.66. The van der Waals surface area contributed by atoms with E-state index >= 15 is 4.39 Å². The van der Waals surface area contributed by atoms with Crippen LogP contribution in [0.1, 0.15) is 31.9 Å². The molecule has 3 heterocycles. The monoisotopic (exact) mass is 630 g/mol. The van der Waals surface area contributed by atoms with Crippen molar-refractivity contribution in [2.45, 2.75) is 38.9 Å². The van der Waals surface area contributed by atoms with Gasteiger partial charge in [-0.05, 0) is 47.4 Å². The maximum atomic E-state index is 15.3. The van der Waals surface area contributed by atoms with Crippen LogP contribution in [-0.2, 0) is 23.8 Å². The normalized spacial score (nSPS) is 12.3. The number of benzene rings is 2. The molecule has 0 aliphatic carbocycles. The van der Waals surface area contributed by atoms with Gasteiger partial charge in [-0.1, -0.05) is 32.9 Å². The number of fused-ring (bicyclic) bond motifs is 1. The van der Waals surface area contributed by atoms with Gasteiger partial charge < -0.3 is 25.0 Å². The number of hydrogen-bond acceptors (Lipinski definition) is 10. The van der Waals surface area contributed by atoms with Crippen molar-refractivity contribution in [2.75, 3.05) is 25.6 Å². The summed E-state index contributed by atoms with van der Waals surface area (Å²) in [5.41, 5.74) is 0.728. The smallest absolute Gasteiger partial charge is 0.290 e. The maximum Gasteiger partial charge on any atom is 0.290 e. The first-order valence-electron chi connectivity index (χ1n) is 14.5. The predicted molar refractivity (Wildman–Crippen MR) is 171 cm³/mol. The van der Waals surface area contributed by atoms with E-state index in [0.29, 0.717) is 33.8 Å². The zero-order chi connectivity index (χ0) is 33.2. The fourth-order valence-corrected chi connectivity index (χ4v) is 4.96. The van der Waals surface area contributed by atoms with E-state index in [4.69, 9.17) is 9.47 Å². The minimum Gasteiger partial charge on any atom is -0.489 e. The van der Waals surface area contributed by atoms with Gasteiger partial charge >= 0.3 is 0 Å². The van der Waals surface area contributed by atoms with Crippen LogP contribution in [-0.4, -0.2) is 61.2 Å². The van der Waals surface area contributed by atoms with Gasteiger partial charge in [0.15, 0.2) is 0 Å². The molecule has 0 saturated carbocycles. The molecule has 0 aliphatic rings. The number of aryl methyl sites for hydroxylation is 1. The quantitative estimate of drug-likeness (QED) is 0.209. The van der Waals surface area contributed by atoms with Crippen molar-refractivity contribution in [3.63, 3.8) is 0 Å². The van der Waals surface area contributed by atoms with Crippen LogP contribution in [0, 0.1) is 5.82 Å². The number of nitrogens with one attached hydrogen (secondary N) is 1. The molecule has 0 aliphatic heterocycles. The second-order valence-electron chi connectivity index (χ2n) is 11.8.